The van der Waals surface area contributed by atoms with Crippen molar-refractivity contribution in [3.8, 4) is 0 Å². The van der Waals surface area contributed by atoms with E-state index in [1.54, 1.807) is 4.90 Å². The van der Waals surface area contributed by atoms with Gasteiger partial charge in [-0.25, -0.2) is 0 Å². The zero-order chi connectivity index (χ0) is 14.8. The minimum absolute atomic E-state index is 0.0537. The molecule has 2 saturated carbocycles. The predicted molar refractivity (Wildman–Crippen MR) is 81.6 cm³/mol. The molecular weight excluding hydrogens is 274 g/mol. The first-order chi connectivity index (χ1) is 10.8. The molecule has 1 aliphatic heterocycles. The number of hydrogen-bond donors (Lipinski definition) is 0. The fraction of sp³-hybridized carbons (Fsp3) is 0.474. The summed E-state index contributed by atoms with van der Waals surface area (Å²) in [5.41, 5.74) is 1.18. The highest BCUT2D eigenvalue weighted by Gasteiger charge is 2.66. The summed E-state index contributed by atoms with van der Waals surface area (Å²) in [6.07, 6.45) is 6.44. The molecule has 112 valence electrons. The highest BCUT2D eigenvalue weighted by molar-refractivity contribution is 6.06. The van der Waals surface area contributed by atoms with Crippen molar-refractivity contribution in [2.75, 3.05) is 6.54 Å². The Morgan fingerprint density at radius 3 is 2.09 bits per heavy atom. The topological polar surface area (TPSA) is 37.4 Å². The molecule has 1 aromatic rings. The fourth-order valence-electron chi connectivity index (χ4n) is 5.12. The number of benzene rings is 1. The van der Waals surface area contributed by atoms with Gasteiger partial charge in [0.15, 0.2) is 0 Å². The van der Waals surface area contributed by atoms with Gasteiger partial charge in [0.05, 0.1) is 11.8 Å². The van der Waals surface area contributed by atoms with Gasteiger partial charge < -0.3 is 0 Å². The Balaban J connectivity index is 1.38. The third-order valence-corrected chi connectivity index (χ3v) is 6.22. The van der Waals surface area contributed by atoms with Crippen LogP contribution in [0, 0.1) is 35.5 Å². The van der Waals surface area contributed by atoms with Crippen molar-refractivity contribution < 1.29 is 9.59 Å². The lowest BCUT2D eigenvalue weighted by atomic mass is 9.63. The number of carbonyl (C=O) groups excluding carboxylic acids is 2. The SMILES string of the molecule is O=C1[C@@H]2[C@@H]3C=C[C@@H]([C@H]4C[C@@H]34)[C@@H]2C(=O)N1CCc1ccccc1. The van der Waals surface area contributed by atoms with Gasteiger partial charge in [-0.3, -0.25) is 14.5 Å². The number of rotatable bonds is 3. The van der Waals surface area contributed by atoms with Crippen molar-refractivity contribution in [2.24, 2.45) is 35.5 Å². The molecule has 0 radical (unpaired) electrons. The van der Waals surface area contributed by atoms with Crippen LogP contribution in [0.2, 0.25) is 0 Å². The van der Waals surface area contributed by atoms with Gasteiger partial charge in [-0.15, -0.1) is 0 Å². The minimum atomic E-state index is -0.0537. The van der Waals surface area contributed by atoms with E-state index in [1.165, 1.54) is 12.0 Å². The summed E-state index contributed by atoms with van der Waals surface area (Å²) in [5.74, 6) is 2.11. The van der Waals surface area contributed by atoms with Gasteiger partial charge in [0.2, 0.25) is 11.8 Å². The molecule has 0 aromatic heterocycles. The van der Waals surface area contributed by atoms with Crippen LogP contribution < -0.4 is 0 Å². The Morgan fingerprint density at radius 2 is 1.50 bits per heavy atom. The Hall–Kier alpha value is -1.90. The van der Waals surface area contributed by atoms with Crippen molar-refractivity contribution in [3.63, 3.8) is 0 Å². The molecule has 1 saturated heterocycles. The zero-order valence-corrected chi connectivity index (χ0v) is 12.4. The van der Waals surface area contributed by atoms with Crippen LogP contribution in [-0.4, -0.2) is 23.3 Å². The van der Waals surface area contributed by atoms with E-state index in [9.17, 15) is 9.59 Å². The Morgan fingerprint density at radius 1 is 0.909 bits per heavy atom. The largest absolute Gasteiger partial charge is 0.282 e. The van der Waals surface area contributed by atoms with E-state index in [0.717, 1.165) is 6.42 Å². The molecule has 3 nitrogen and oxygen atoms in total. The van der Waals surface area contributed by atoms with Crippen LogP contribution in [0.4, 0.5) is 0 Å². The van der Waals surface area contributed by atoms with E-state index < -0.39 is 0 Å². The number of allylic oxidation sites excluding steroid dienone is 2. The van der Waals surface area contributed by atoms with Gasteiger partial charge >= 0.3 is 0 Å². The van der Waals surface area contributed by atoms with E-state index in [0.29, 0.717) is 30.2 Å². The molecular formula is C19H19NO2. The first kappa shape index (κ1) is 12.6. The molecule has 0 spiro atoms. The number of likely N-dealkylation sites (tertiary alicyclic amines) is 1. The van der Waals surface area contributed by atoms with E-state index in [-0.39, 0.29) is 23.7 Å². The highest BCUT2D eigenvalue weighted by Crippen LogP contribution is 2.65. The quantitative estimate of drug-likeness (QED) is 0.633. The second-order valence-corrected chi connectivity index (χ2v) is 7.22. The van der Waals surface area contributed by atoms with Gasteiger partial charge in [-0.05, 0) is 42.1 Å². The normalized spacial score (nSPS) is 40.8. The van der Waals surface area contributed by atoms with E-state index >= 15 is 0 Å². The molecule has 22 heavy (non-hydrogen) atoms. The number of imide groups is 1. The van der Waals surface area contributed by atoms with Crippen LogP contribution in [-0.2, 0) is 16.0 Å². The summed E-state index contributed by atoms with van der Waals surface area (Å²) in [6, 6.07) is 10.1. The molecule has 4 aliphatic carbocycles. The summed E-state index contributed by atoms with van der Waals surface area (Å²) >= 11 is 0. The van der Waals surface area contributed by atoms with Gasteiger partial charge in [0.1, 0.15) is 0 Å². The van der Waals surface area contributed by atoms with Crippen LogP contribution in [0.25, 0.3) is 0 Å². The summed E-state index contributed by atoms with van der Waals surface area (Å²) in [4.78, 5) is 27.1. The number of amides is 2. The number of nitrogens with zero attached hydrogens (tertiary/aromatic N) is 1. The van der Waals surface area contributed by atoms with Crippen LogP contribution >= 0.6 is 0 Å². The Bertz CT molecular complexity index is 644. The molecule has 3 fully saturated rings. The fourth-order valence-corrected chi connectivity index (χ4v) is 5.12. The maximum absolute atomic E-state index is 12.8. The second kappa shape index (κ2) is 4.31. The Kier molecular flexibility index (Phi) is 2.47. The van der Waals surface area contributed by atoms with Crippen molar-refractivity contribution in [1.82, 2.24) is 4.90 Å². The minimum Gasteiger partial charge on any atom is -0.282 e. The summed E-state index contributed by atoms with van der Waals surface area (Å²) < 4.78 is 0. The van der Waals surface area contributed by atoms with Crippen molar-refractivity contribution >= 4 is 11.8 Å². The highest BCUT2D eigenvalue weighted by atomic mass is 16.2. The van der Waals surface area contributed by atoms with E-state index in [4.69, 9.17) is 0 Å². The Labute approximate surface area is 130 Å². The molecule has 1 heterocycles. The van der Waals surface area contributed by atoms with Gasteiger partial charge in [-0.2, -0.15) is 0 Å². The molecule has 2 bridgehead atoms. The third kappa shape index (κ3) is 1.57. The molecule has 5 aliphatic rings. The van der Waals surface area contributed by atoms with Crippen molar-refractivity contribution in [3.05, 3.63) is 48.0 Å². The lowest BCUT2D eigenvalue weighted by molar-refractivity contribution is -0.140. The molecule has 0 N–H and O–H groups in total. The smallest absolute Gasteiger partial charge is 0.233 e. The number of carbonyl (C=O) groups is 2. The average molecular weight is 293 g/mol. The van der Waals surface area contributed by atoms with Gasteiger partial charge in [0, 0.05) is 6.54 Å². The third-order valence-electron chi connectivity index (χ3n) is 6.22. The molecule has 1 aromatic carbocycles. The lowest BCUT2D eigenvalue weighted by Crippen LogP contribution is -2.40. The molecule has 6 atom stereocenters. The van der Waals surface area contributed by atoms with Crippen LogP contribution in [0.15, 0.2) is 42.5 Å². The van der Waals surface area contributed by atoms with E-state index in [1.807, 2.05) is 18.2 Å². The lowest BCUT2D eigenvalue weighted by Gasteiger charge is -2.37. The first-order valence-corrected chi connectivity index (χ1v) is 8.33. The van der Waals surface area contributed by atoms with Crippen molar-refractivity contribution in [2.45, 2.75) is 12.8 Å². The zero-order valence-electron chi connectivity index (χ0n) is 12.4. The summed E-state index contributed by atoms with van der Waals surface area (Å²) in [6.45, 7) is 0.531. The summed E-state index contributed by atoms with van der Waals surface area (Å²) in [7, 11) is 0. The number of hydrogen-bond acceptors (Lipinski definition) is 2. The predicted octanol–water partition coefficient (Wildman–Crippen LogP) is 2.28. The van der Waals surface area contributed by atoms with Gasteiger partial charge in [-0.1, -0.05) is 42.5 Å². The maximum Gasteiger partial charge on any atom is 0.233 e. The maximum atomic E-state index is 12.8. The second-order valence-electron chi connectivity index (χ2n) is 7.22. The van der Waals surface area contributed by atoms with E-state index in [2.05, 4.69) is 24.3 Å². The first-order valence-electron chi connectivity index (χ1n) is 8.33. The molecule has 6 rings (SSSR count). The molecule has 0 unspecified atom stereocenters. The van der Waals surface area contributed by atoms with Crippen LogP contribution in [0.1, 0.15) is 12.0 Å². The molecule has 3 heteroatoms. The van der Waals surface area contributed by atoms with Gasteiger partial charge in [0.25, 0.3) is 0 Å². The molecule has 2 amide bonds. The van der Waals surface area contributed by atoms with Crippen LogP contribution in [0.3, 0.4) is 0 Å². The monoisotopic (exact) mass is 293 g/mol. The van der Waals surface area contributed by atoms with Crippen molar-refractivity contribution in [1.29, 1.82) is 0 Å². The van der Waals surface area contributed by atoms with Crippen LogP contribution in [0.5, 0.6) is 0 Å². The average Bonchev–Trinajstić information content (AvgIpc) is 3.33. The summed E-state index contributed by atoms with van der Waals surface area (Å²) in [5, 5.41) is 0. The standard InChI is InChI=1S/C19H19NO2/c21-18-16-12-6-7-13(15-10-14(12)15)17(16)19(22)20(18)9-8-11-4-2-1-3-5-11/h1-7,12-17H,8-10H2/t12-,13+,14+,15-,16-,17+.